The lowest BCUT2D eigenvalue weighted by Crippen LogP contribution is -2.06. The molecule has 0 unspecified atom stereocenters. The second kappa shape index (κ2) is 5.59. The minimum absolute atomic E-state index is 0.0512. The number of aromatic nitrogens is 1. The monoisotopic (exact) mass is 282 g/mol. The van der Waals surface area contributed by atoms with Crippen molar-refractivity contribution in [3.8, 4) is 17.2 Å². The van der Waals surface area contributed by atoms with Crippen LogP contribution >= 0.6 is 0 Å². The van der Waals surface area contributed by atoms with Crippen molar-refractivity contribution in [3.63, 3.8) is 0 Å². The van der Waals surface area contributed by atoms with Crippen molar-refractivity contribution in [2.24, 2.45) is 0 Å². The number of nitriles is 1. The number of nitrogens with zero attached hydrogens (tertiary/aromatic N) is 3. The molecule has 6 nitrogen and oxygen atoms in total. The summed E-state index contributed by atoms with van der Waals surface area (Å²) in [4.78, 5) is 15.0. The number of anilines is 1. The van der Waals surface area contributed by atoms with Crippen LogP contribution in [0.1, 0.15) is 23.7 Å². The van der Waals surface area contributed by atoms with Gasteiger partial charge in [-0.25, -0.2) is 4.98 Å². The summed E-state index contributed by atoms with van der Waals surface area (Å²) in [6, 6.07) is 8.34. The lowest BCUT2D eigenvalue weighted by Gasteiger charge is -2.14. The third kappa shape index (κ3) is 2.41. The van der Waals surface area contributed by atoms with Crippen LogP contribution in [0, 0.1) is 28.4 Å². The van der Waals surface area contributed by atoms with E-state index in [1.165, 1.54) is 6.07 Å². The molecule has 2 N–H and O–H groups in total. The number of nitrogens with two attached hydrogens (primary N) is 1. The Balaban J connectivity index is 2.90. The highest BCUT2D eigenvalue weighted by molar-refractivity contribution is 5.84. The molecule has 1 aromatic carbocycles. The molecule has 2 aromatic rings. The van der Waals surface area contributed by atoms with Gasteiger partial charge in [0.15, 0.2) is 0 Å². The van der Waals surface area contributed by atoms with E-state index < -0.39 is 4.92 Å². The average molecular weight is 282 g/mol. The zero-order valence-electron chi connectivity index (χ0n) is 11.8. The summed E-state index contributed by atoms with van der Waals surface area (Å²) in [5, 5.41) is 20.6. The average Bonchev–Trinajstić information content (AvgIpc) is 2.48. The molecule has 0 saturated carbocycles. The smallest absolute Gasteiger partial charge is 0.277 e. The van der Waals surface area contributed by atoms with Gasteiger partial charge in [-0.2, -0.15) is 5.26 Å². The Morgan fingerprint density at radius 1 is 1.43 bits per heavy atom. The van der Waals surface area contributed by atoms with E-state index in [0.29, 0.717) is 17.5 Å². The maximum Gasteiger partial charge on any atom is 0.277 e. The second-order valence-electron chi connectivity index (χ2n) is 4.56. The van der Waals surface area contributed by atoms with Crippen LogP contribution in [0.15, 0.2) is 24.3 Å². The van der Waals surface area contributed by atoms with E-state index in [1.807, 2.05) is 13.0 Å². The lowest BCUT2D eigenvalue weighted by atomic mass is 9.93. The van der Waals surface area contributed by atoms with Crippen LogP contribution in [0.5, 0.6) is 0 Å². The molecule has 106 valence electrons. The van der Waals surface area contributed by atoms with Crippen molar-refractivity contribution < 1.29 is 4.92 Å². The van der Waals surface area contributed by atoms with E-state index in [2.05, 4.69) is 4.98 Å². The van der Waals surface area contributed by atoms with E-state index in [-0.39, 0.29) is 17.1 Å². The fourth-order valence-electron chi connectivity index (χ4n) is 2.38. The van der Waals surface area contributed by atoms with Gasteiger partial charge in [-0.1, -0.05) is 19.1 Å². The normalized spacial score (nSPS) is 10.1. The number of para-hydroxylation sites is 1. The van der Waals surface area contributed by atoms with Crippen LogP contribution in [0.3, 0.4) is 0 Å². The fourth-order valence-corrected chi connectivity index (χ4v) is 2.38. The van der Waals surface area contributed by atoms with Gasteiger partial charge in [0.2, 0.25) is 0 Å². The van der Waals surface area contributed by atoms with Crippen LogP contribution < -0.4 is 5.73 Å². The van der Waals surface area contributed by atoms with Gasteiger partial charge in [0, 0.05) is 17.3 Å². The van der Waals surface area contributed by atoms with Crippen molar-refractivity contribution in [3.05, 3.63) is 51.2 Å². The Morgan fingerprint density at radius 2 is 2.10 bits per heavy atom. The van der Waals surface area contributed by atoms with Crippen molar-refractivity contribution in [1.29, 1.82) is 5.26 Å². The molecule has 0 aliphatic heterocycles. The predicted molar refractivity (Wildman–Crippen MR) is 79.6 cm³/mol. The standard InChI is InChI=1S/C15H14N4O2/c1-3-12-9(2)14(11(8-16)15(17)18-12)10-6-4-5-7-13(10)19(20)21/h4-7H,3H2,1-2H3,(H2,17,18). The van der Waals surface area contributed by atoms with Gasteiger partial charge in [0.25, 0.3) is 5.69 Å². The summed E-state index contributed by atoms with van der Waals surface area (Å²) in [5.74, 6) is 0.105. The van der Waals surface area contributed by atoms with Gasteiger partial charge in [-0.05, 0) is 25.0 Å². The van der Waals surface area contributed by atoms with Crippen LogP contribution in [0.25, 0.3) is 11.1 Å². The largest absolute Gasteiger partial charge is 0.383 e. The maximum atomic E-state index is 11.2. The molecule has 0 aliphatic rings. The molecule has 0 radical (unpaired) electrons. The minimum atomic E-state index is -0.460. The Morgan fingerprint density at radius 3 is 2.67 bits per heavy atom. The maximum absolute atomic E-state index is 11.2. The molecule has 0 aliphatic carbocycles. The van der Waals surface area contributed by atoms with E-state index in [9.17, 15) is 15.4 Å². The number of nitro benzene ring substituents is 1. The van der Waals surface area contributed by atoms with Gasteiger partial charge in [-0.3, -0.25) is 10.1 Å². The highest BCUT2D eigenvalue weighted by Crippen LogP contribution is 2.37. The zero-order chi connectivity index (χ0) is 15.6. The highest BCUT2D eigenvalue weighted by atomic mass is 16.6. The first-order valence-electron chi connectivity index (χ1n) is 6.44. The van der Waals surface area contributed by atoms with E-state index >= 15 is 0 Å². The Bertz CT molecular complexity index is 762. The number of aryl methyl sites for hydroxylation is 1. The van der Waals surface area contributed by atoms with Gasteiger partial charge < -0.3 is 5.73 Å². The first kappa shape index (κ1) is 14.5. The number of benzene rings is 1. The summed E-state index contributed by atoms with van der Waals surface area (Å²) < 4.78 is 0. The number of rotatable bonds is 3. The molecule has 2 rings (SSSR count). The minimum Gasteiger partial charge on any atom is -0.383 e. The molecule has 0 fully saturated rings. The van der Waals surface area contributed by atoms with Gasteiger partial charge in [0.05, 0.1) is 10.5 Å². The van der Waals surface area contributed by atoms with Crippen molar-refractivity contribution >= 4 is 11.5 Å². The molecule has 0 amide bonds. The van der Waals surface area contributed by atoms with Crippen LogP contribution in [0.2, 0.25) is 0 Å². The van der Waals surface area contributed by atoms with E-state index in [0.717, 1.165) is 11.3 Å². The number of hydrogen-bond acceptors (Lipinski definition) is 5. The van der Waals surface area contributed by atoms with Gasteiger partial charge in [-0.15, -0.1) is 0 Å². The van der Waals surface area contributed by atoms with Crippen LogP contribution in [-0.4, -0.2) is 9.91 Å². The van der Waals surface area contributed by atoms with Crippen LogP contribution in [0.4, 0.5) is 11.5 Å². The first-order chi connectivity index (χ1) is 10.0. The van der Waals surface area contributed by atoms with Crippen molar-refractivity contribution in [2.45, 2.75) is 20.3 Å². The molecule has 1 aromatic heterocycles. The number of nitrogen functional groups attached to an aromatic ring is 1. The fraction of sp³-hybridized carbons (Fsp3) is 0.200. The lowest BCUT2D eigenvalue weighted by molar-refractivity contribution is -0.384. The Hall–Kier alpha value is -2.94. The van der Waals surface area contributed by atoms with Gasteiger partial charge >= 0.3 is 0 Å². The van der Waals surface area contributed by atoms with Gasteiger partial charge in [0.1, 0.15) is 17.5 Å². The molecular weight excluding hydrogens is 268 g/mol. The molecule has 6 heteroatoms. The van der Waals surface area contributed by atoms with E-state index in [4.69, 9.17) is 5.73 Å². The van der Waals surface area contributed by atoms with Crippen LogP contribution in [-0.2, 0) is 6.42 Å². The molecule has 21 heavy (non-hydrogen) atoms. The number of hydrogen-bond donors (Lipinski definition) is 1. The third-order valence-corrected chi connectivity index (χ3v) is 3.39. The second-order valence-corrected chi connectivity index (χ2v) is 4.56. The number of pyridine rings is 1. The summed E-state index contributed by atoms with van der Waals surface area (Å²) >= 11 is 0. The van der Waals surface area contributed by atoms with E-state index in [1.54, 1.807) is 25.1 Å². The molecule has 0 spiro atoms. The van der Waals surface area contributed by atoms with Crippen molar-refractivity contribution in [1.82, 2.24) is 4.98 Å². The Kier molecular flexibility index (Phi) is 3.85. The SMILES string of the molecule is CCc1nc(N)c(C#N)c(-c2ccccc2[N+](=O)[O-])c1C. The van der Waals surface area contributed by atoms with Crippen molar-refractivity contribution in [2.75, 3.05) is 5.73 Å². The predicted octanol–water partition coefficient (Wildman–Crippen LogP) is 2.98. The Labute approximate surface area is 122 Å². The quantitative estimate of drug-likeness (QED) is 0.688. The molecule has 0 atom stereocenters. The molecule has 0 bridgehead atoms. The summed E-state index contributed by atoms with van der Waals surface area (Å²) in [6.45, 7) is 3.72. The zero-order valence-corrected chi connectivity index (χ0v) is 11.8. The third-order valence-electron chi connectivity index (χ3n) is 3.39. The first-order valence-corrected chi connectivity index (χ1v) is 6.44. The summed E-state index contributed by atoms with van der Waals surface area (Å²) in [6.07, 6.45) is 0.634. The summed E-state index contributed by atoms with van der Waals surface area (Å²) in [7, 11) is 0. The topological polar surface area (TPSA) is 106 Å². The number of nitro groups is 1. The molecule has 0 saturated heterocycles. The highest BCUT2D eigenvalue weighted by Gasteiger charge is 2.22. The summed E-state index contributed by atoms with van der Waals surface area (Å²) in [5.41, 5.74) is 8.33. The molecule has 1 heterocycles. The molecular formula is C15H14N4O2.